The van der Waals surface area contributed by atoms with E-state index in [0.717, 1.165) is 5.56 Å². The molecule has 1 unspecified atom stereocenters. The molecule has 0 bridgehead atoms. The highest BCUT2D eigenvalue weighted by molar-refractivity contribution is 5.29. The Labute approximate surface area is 80.8 Å². The number of halogens is 1. The van der Waals surface area contributed by atoms with E-state index in [1.807, 2.05) is 0 Å². The molecule has 3 N–H and O–H groups in total. The Morgan fingerprint density at radius 2 is 2.14 bits per heavy atom. The second-order valence-corrected chi connectivity index (χ2v) is 3.03. The fourth-order valence-electron chi connectivity index (χ4n) is 1.34. The Hall–Kier alpha value is -1.68. The smallest absolute Gasteiger partial charge is 0.128 e. The molecule has 1 atom stereocenters. The van der Waals surface area contributed by atoms with Crippen molar-refractivity contribution in [2.75, 3.05) is 0 Å². The van der Waals surface area contributed by atoms with Crippen LogP contribution in [-0.4, -0.2) is 10.2 Å². The van der Waals surface area contributed by atoms with E-state index in [0.29, 0.717) is 5.56 Å². The number of H-pyrrole nitrogens is 1. The van der Waals surface area contributed by atoms with Crippen molar-refractivity contribution in [3.63, 3.8) is 0 Å². The summed E-state index contributed by atoms with van der Waals surface area (Å²) in [5.74, 6) is -0.291. The van der Waals surface area contributed by atoms with Gasteiger partial charge in [0.1, 0.15) is 5.82 Å². The minimum atomic E-state index is -0.463. The first-order valence-corrected chi connectivity index (χ1v) is 4.27. The molecule has 4 heteroatoms. The number of nitrogens with zero attached hydrogens (tertiary/aromatic N) is 1. The number of nitrogens with two attached hydrogens (primary N) is 1. The Morgan fingerprint density at radius 1 is 1.36 bits per heavy atom. The molecule has 0 aliphatic rings. The van der Waals surface area contributed by atoms with Crippen LogP contribution in [0.3, 0.4) is 0 Å². The van der Waals surface area contributed by atoms with Crippen LogP contribution in [0.25, 0.3) is 0 Å². The Morgan fingerprint density at radius 3 is 2.79 bits per heavy atom. The lowest BCUT2D eigenvalue weighted by atomic mass is 10.0. The summed E-state index contributed by atoms with van der Waals surface area (Å²) < 4.78 is 13.3. The highest BCUT2D eigenvalue weighted by atomic mass is 19.1. The van der Waals surface area contributed by atoms with E-state index in [9.17, 15) is 4.39 Å². The molecule has 1 aromatic heterocycles. The van der Waals surface area contributed by atoms with Gasteiger partial charge in [0, 0.05) is 17.3 Å². The zero-order valence-corrected chi connectivity index (χ0v) is 7.44. The lowest BCUT2D eigenvalue weighted by Gasteiger charge is -2.10. The van der Waals surface area contributed by atoms with Crippen LogP contribution in [0.15, 0.2) is 36.7 Å². The molecule has 72 valence electrons. The zero-order chi connectivity index (χ0) is 9.97. The third-order valence-corrected chi connectivity index (χ3v) is 2.12. The second-order valence-electron chi connectivity index (χ2n) is 3.03. The van der Waals surface area contributed by atoms with Crippen molar-refractivity contribution in [1.29, 1.82) is 0 Å². The molecular formula is C10H10FN3. The van der Waals surface area contributed by atoms with Crippen LogP contribution in [0, 0.1) is 5.82 Å². The summed E-state index contributed by atoms with van der Waals surface area (Å²) in [5.41, 5.74) is 7.12. The van der Waals surface area contributed by atoms with Gasteiger partial charge in [0.25, 0.3) is 0 Å². The number of hydrogen-bond donors (Lipinski definition) is 2. The molecule has 0 radical (unpaired) electrons. The van der Waals surface area contributed by atoms with Crippen molar-refractivity contribution in [1.82, 2.24) is 10.2 Å². The standard InChI is InChI=1S/C10H10FN3/c11-9-4-2-1-3-8(9)10(12)7-5-13-14-6-7/h1-6,10H,12H2,(H,13,14). The van der Waals surface area contributed by atoms with Crippen molar-refractivity contribution in [3.05, 3.63) is 53.6 Å². The predicted molar refractivity (Wildman–Crippen MR) is 51.0 cm³/mol. The highest BCUT2D eigenvalue weighted by Gasteiger charge is 2.13. The maximum atomic E-state index is 13.3. The van der Waals surface area contributed by atoms with Crippen LogP contribution in [0.4, 0.5) is 4.39 Å². The number of hydrogen-bond acceptors (Lipinski definition) is 2. The molecule has 0 fully saturated rings. The SMILES string of the molecule is NC(c1cn[nH]c1)c1ccccc1F. The van der Waals surface area contributed by atoms with Gasteiger partial charge in [-0.25, -0.2) is 4.39 Å². The van der Waals surface area contributed by atoms with E-state index >= 15 is 0 Å². The summed E-state index contributed by atoms with van der Waals surface area (Å²) in [6.45, 7) is 0. The van der Waals surface area contributed by atoms with Gasteiger partial charge in [0.15, 0.2) is 0 Å². The van der Waals surface area contributed by atoms with Crippen molar-refractivity contribution < 1.29 is 4.39 Å². The predicted octanol–water partition coefficient (Wildman–Crippen LogP) is 1.60. The fourth-order valence-corrected chi connectivity index (χ4v) is 1.34. The van der Waals surface area contributed by atoms with Gasteiger partial charge < -0.3 is 5.73 Å². The van der Waals surface area contributed by atoms with Crippen LogP contribution in [0.5, 0.6) is 0 Å². The first-order chi connectivity index (χ1) is 6.79. The number of aromatic nitrogens is 2. The molecule has 0 spiro atoms. The van der Waals surface area contributed by atoms with Gasteiger partial charge in [-0.1, -0.05) is 18.2 Å². The van der Waals surface area contributed by atoms with Crippen LogP contribution >= 0.6 is 0 Å². The van der Waals surface area contributed by atoms with E-state index in [1.54, 1.807) is 30.6 Å². The van der Waals surface area contributed by atoms with Crippen molar-refractivity contribution in [2.24, 2.45) is 5.73 Å². The molecule has 0 aliphatic heterocycles. The van der Waals surface area contributed by atoms with Crippen LogP contribution in [0.2, 0.25) is 0 Å². The topological polar surface area (TPSA) is 54.7 Å². The van der Waals surface area contributed by atoms with Crippen molar-refractivity contribution in [2.45, 2.75) is 6.04 Å². The average molecular weight is 191 g/mol. The molecule has 0 saturated heterocycles. The van der Waals surface area contributed by atoms with Gasteiger partial charge in [0.2, 0.25) is 0 Å². The van der Waals surface area contributed by atoms with Gasteiger partial charge in [-0.15, -0.1) is 0 Å². The average Bonchev–Trinajstić information content (AvgIpc) is 2.70. The zero-order valence-electron chi connectivity index (χ0n) is 7.44. The monoisotopic (exact) mass is 191 g/mol. The molecule has 1 aromatic carbocycles. The molecule has 14 heavy (non-hydrogen) atoms. The third-order valence-electron chi connectivity index (χ3n) is 2.12. The quantitative estimate of drug-likeness (QED) is 0.757. The van der Waals surface area contributed by atoms with Crippen molar-refractivity contribution in [3.8, 4) is 0 Å². The third kappa shape index (κ3) is 1.52. The first-order valence-electron chi connectivity index (χ1n) is 4.27. The number of rotatable bonds is 2. The van der Waals surface area contributed by atoms with Gasteiger partial charge in [-0.05, 0) is 6.07 Å². The Balaban J connectivity index is 2.37. The maximum Gasteiger partial charge on any atom is 0.128 e. The minimum Gasteiger partial charge on any atom is -0.320 e. The number of benzene rings is 1. The lowest BCUT2D eigenvalue weighted by Crippen LogP contribution is -2.12. The van der Waals surface area contributed by atoms with Crippen LogP contribution < -0.4 is 5.73 Å². The molecular weight excluding hydrogens is 181 g/mol. The summed E-state index contributed by atoms with van der Waals surface area (Å²) in [5, 5.41) is 6.42. The Kier molecular flexibility index (Phi) is 2.28. The fraction of sp³-hybridized carbons (Fsp3) is 0.100. The normalized spacial score (nSPS) is 12.7. The maximum absolute atomic E-state index is 13.3. The van der Waals surface area contributed by atoms with Gasteiger partial charge in [-0.3, -0.25) is 5.10 Å². The van der Waals surface area contributed by atoms with Gasteiger partial charge in [0.05, 0.1) is 12.2 Å². The molecule has 0 aliphatic carbocycles. The lowest BCUT2D eigenvalue weighted by molar-refractivity contribution is 0.600. The van der Waals surface area contributed by atoms with E-state index in [2.05, 4.69) is 10.2 Å². The molecule has 3 nitrogen and oxygen atoms in total. The summed E-state index contributed by atoms with van der Waals surface area (Å²) in [4.78, 5) is 0. The Bertz CT molecular complexity index is 411. The largest absolute Gasteiger partial charge is 0.320 e. The van der Waals surface area contributed by atoms with E-state index < -0.39 is 6.04 Å². The van der Waals surface area contributed by atoms with Gasteiger partial charge in [-0.2, -0.15) is 5.10 Å². The summed E-state index contributed by atoms with van der Waals surface area (Å²) in [6.07, 6.45) is 3.26. The number of nitrogens with one attached hydrogen (secondary N) is 1. The summed E-state index contributed by atoms with van der Waals surface area (Å²) in [6, 6.07) is 6.01. The van der Waals surface area contributed by atoms with E-state index in [-0.39, 0.29) is 5.82 Å². The molecule has 1 heterocycles. The minimum absolute atomic E-state index is 0.291. The first kappa shape index (κ1) is 8.90. The molecule has 0 saturated carbocycles. The second kappa shape index (κ2) is 3.59. The van der Waals surface area contributed by atoms with E-state index in [1.165, 1.54) is 6.07 Å². The summed E-state index contributed by atoms with van der Waals surface area (Å²) >= 11 is 0. The van der Waals surface area contributed by atoms with Crippen molar-refractivity contribution >= 4 is 0 Å². The molecule has 2 aromatic rings. The van der Waals surface area contributed by atoms with Crippen LogP contribution in [-0.2, 0) is 0 Å². The number of aromatic amines is 1. The van der Waals surface area contributed by atoms with Crippen LogP contribution in [0.1, 0.15) is 17.2 Å². The molecule has 2 rings (SSSR count). The molecule has 0 amide bonds. The van der Waals surface area contributed by atoms with Gasteiger partial charge >= 0.3 is 0 Å². The summed E-state index contributed by atoms with van der Waals surface area (Å²) in [7, 11) is 0. The van der Waals surface area contributed by atoms with E-state index in [4.69, 9.17) is 5.73 Å². The highest BCUT2D eigenvalue weighted by Crippen LogP contribution is 2.20.